The van der Waals surface area contributed by atoms with Gasteiger partial charge in [-0.25, -0.2) is 0 Å². The zero-order valence-electron chi connectivity index (χ0n) is 13.7. The second-order valence-corrected chi connectivity index (χ2v) is 5.95. The van der Waals surface area contributed by atoms with E-state index in [0.717, 1.165) is 11.1 Å². The predicted octanol–water partition coefficient (Wildman–Crippen LogP) is 0.741. The molecule has 0 saturated carbocycles. The molecule has 1 amide bonds. The van der Waals surface area contributed by atoms with Crippen molar-refractivity contribution in [2.75, 3.05) is 7.11 Å². The van der Waals surface area contributed by atoms with Crippen LogP contribution in [0.2, 0.25) is 0 Å². The third-order valence-corrected chi connectivity index (χ3v) is 4.51. The maximum absolute atomic E-state index is 12.6. The summed E-state index contributed by atoms with van der Waals surface area (Å²) in [6, 6.07) is 11.8. The van der Waals surface area contributed by atoms with Gasteiger partial charge in [0.05, 0.1) is 12.1 Å². The van der Waals surface area contributed by atoms with E-state index in [0.29, 0.717) is 12.7 Å². The summed E-state index contributed by atoms with van der Waals surface area (Å²) in [6.07, 6.45) is 1.06. The van der Waals surface area contributed by atoms with Crippen molar-refractivity contribution < 1.29 is 24.4 Å². The van der Waals surface area contributed by atoms with Crippen LogP contribution in [-0.4, -0.2) is 36.5 Å². The smallest absolute Gasteiger partial charge is 0.423 e. The molecule has 0 radical (unpaired) electrons. The van der Waals surface area contributed by atoms with Gasteiger partial charge in [0.1, 0.15) is 6.29 Å². The molecule has 0 bridgehead atoms. The highest BCUT2D eigenvalue weighted by atomic mass is 16.5. The van der Waals surface area contributed by atoms with E-state index in [1.807, 2.05) is 24.3 Å². The average Bonchev–Trinajstić information content (AvgIpc) is 2.98. The lowest BCUT2D eigenvalue weighted by molar-refractivity contribution is 0.0864. The van der Waals surface area contributed by atoms with E-state index in [9.17, 15) is 19.6 Å². The van der Waals surface area contributed by atoms with Crippen LogP contribution in [0.1, 0.15) is 50.4 Å². The molecule has 2 aromatic carbocycles. The summed E-state index contributed by atoms with van der Waals surface area (Å²) in [6.45, 7) is 0. The quantitative estimate of drug-likeness (QED) is 0.552. The van der Waals surface area contributed by atoms with E-state index in [1.54, 1.807) is 7.11 Å². The standard InChI is InChI=1S/C18H18BNO5/c1-25-17-9-16(13-4-2-3-5-14(13)17)20-18(22)11-6-7-15(19(23)24)12(8-11)10-21/h2-8,10,16-17,23-24H,9H2,1H3,(H,20,22). The Labute approximate surface area is 145 Å². The highest BCUT2D eigenvalue weighted by Gasteiger charge is 2.32. The zero-order chi connectivity index (χ0) is 18.0. The molecular weight excluding hydrogens is 321 g/mol. The normalized spacial score (nSPS) is 18.5. The summed E-state index contributed by atoms with van der Waals surface area (Å²) < 4.78 is 5.48. The fourth-order valence-corrected chi connectivity index (χ4v) is 3.24. The maximum atomic E-state index is 12.6. The van der Waals surface area contributed by atoms with Crippen molar-refractivity contribution >= 4 is 24.8 Å². The van der Waals surface area contributed by atoms with Crippen LogP contribution in [0.25, 0.3) is 0 Å². The Bertz CT molecular complexity index is 808. The molecule has 1 aliphatic carbocycles. The molecule has 1 aliphatic rings. The molecule has 6 nitrogen and oxygen atoms in total. The summed E-state index contributed by atoms with van der Waals surface area (Å²) >= 11 is 0. The van der Waals surface area contributed by atoms with Gasteiger partial charge in [-0.3, -0.25) is 9.59 Å². The van der Waals surface area contributed by atoms with Gasteiger partial charge < -0.3 is 20.1 Å². The van der Waals surface area contributed by atoms with E-state index in [4.69, 9.17) is 4.74 Å². The molecule has 0 aliphatic heterocycles. The maximum Gasteiger partial charge on any atom is 0.489 e. The number of carbonyl (C=O) groups excluding carboxylic acids is 2. The van der Waals surface area contributed by atoms with Crippen molar-refractivity contribution in [2.45, 2.75) is 18.6 Å². The van der Waals surface area contributed by atoms with E-state index < -0.39 is 7.12 Å². The monoisotopic (exact) mass is 339 g/mol. The van der Waals surface area contributed by atoms with Gasteiger partial charge in [0.15, 0.2) is 0 Å². The van der Waals surface area contributed by atoms with Gasteiger partial charge >= 0.3 is 7.12 Å². The lowest BCUT2D eigenvalue weighted by Gasteiger charge is -2.15. The topological polar surface area (TPSA) is 95.9 Å². The largest absolute Gasteiger partial charge is 0.489 e. The Balaban J connectivity index is 1.83. The minimum atomic E-state index is -1.76. The lowest BCUT2D eigenvalue weighted by atomic mass is 9.77. The third kappa shape index (κ3) is 3.35. The first-order valence-electron chi connectivity index (χ1n) is 7.93. The molecule has 0 saturated heterocycles. The summed E-state index contributed by atoms with van der Waals surface area (Å²) in [5.41, 5.74) is 2.50. The van der Waals surface area contributed by atoms with Crippen LogP contribution in [0.5, 0.6) is 0 Å². The van der Waals surface area contributed by atoms with Crippen LogP contribution in [-0.2, 0) is 4.74 Å². The second kappa shape index (κ2) is 7.19. The molecule has 2 atom stereocenters. The number of hydrogen-bond donors (Lipinski definition) is 3. The molecule has 3 N–H and O–H groups in total. The molecule has 3 rings (SSSR count). The molecule has 0 spiro atoms. The Morgan fingerprint density at radius 2 is 1.96 bits per heavy atom. The number of methoxy groups -OCH3 is 1. The van der Waals surface area contributed by atoms with Gasteiger partial charge in [0, 0.05) is 24.7 Å². The predicted molar refractivity (Wildman–Crippen MR) is 92.7 cm³/mol. The molecule has 0 aromatic heterocycles. The Morgan fingerprint density at radius 1 is 1.24 bits per heavy atom. The van der Waals surface area contributed by atoms with Crippen molar-refractivity contribution in [2.24, 2.45) is 0 Å². The van der Waals surface area contributed by atoms with Crippen LogP contribution < -0.4 is 10.8 Å². The minimum Gasteiger partial charge on any atom is -0.423 e. The van der Waals surface area contributed by atoms with Gasteiger partial charge in [-0.2, -0.15) is 0 Å². The summed E-state index contributed by atoms with van der Waals surface area (Å²) in [5.74, 6) is -0.335. The van der Waals surface area contributed by atoms with Crippen LogP contribution >= 0.6 is 0 Å². The van der Waals surface area contributed by atoms with Gasteiger partial charge in [-0.1, -0.05) is 30.3 Å². The third-order valence-electron chi connectivity index (χ3n) is 4.51. The molecule has 0 heterocycles. The summed E-state index contributed by atoms with van der Waals surface area (Å²) in [5, 5.41) is 21.4. The highest BCUT2D eigenvalue weighted by molar-refractivity contribution is 6.60. The molecule has 2 aromatic rings. The second-order valence-electron chi connectivity index (χ2n) is 5.95. The van der Waals surface area contributed by atoms with Crippen molar-refractivity contribution in [1.29, 1.82) is 0 Å². The van der Waals surface area contributed by atoms with Crippen molar-refractivity contribution in [1.82, 2.24) is 5.32 Å². The fraction of sp³-hybridized carbons (Fsp3) is 0.222. The number of rotatable bonds is 5. The van der Waals surface area contributed by atoms with E-state index >= 15 is 0 Å². The number of aldehydes is 1. The van der Waals surface area contributed by atoms with Crippen LogP contribution in [0, 0.1) is 0 Å². The number of benzene rings is 2. The van der Waals surface area contributed by atoms with Crippen molar-refractivity contribution in [3.05, 3.63) is 64.7 Å². The molecule has 128 valence electrons. The minimum absolute atomic E-state index is 0.0669. The summed E-state index contributed by atoms with van der Waals surface area (Å²) in [7, 11) is -0.123. The average molecular weight is 339 g/mol. The van der Waals surface area contributed by atoms with Crippen molar-refractivity contribution in [3.63, 3.8) is 0 Å². The van der Waals surface area contributed by atoms with E-state index in [2.05, 4.69) is 5.32 Å². The molecule has 0 fully saturated rings. The molecule has 7 heteroatoms. The molecule has 2 unspecified atom stereocenters. The first-order chi connectivity index (χ1) is 12.0. The SMILES string of the molecule is COC1CC(NC(=O)c2ccc(B(O)O)c(C=O)c2)c2ccccc21. The van der Waals surface area contributed by atoms with Crippen molar-refractivity contribution in [3.8, 4) is 0 Å². The Kier molecular flexibility index (Phi) is 4.99. The van der Waals surface area contributed by atoms with Crippen LogP contribution in [0.4, 0.5) is 0 Å². The first kappa shape index (κ1) is 17.4. The fourth-order valence-electron chi connectivity index (χ4n) is 3.24. The van der Waals surface area contributed by atoms with Gasteiger partial charge in [0.25, 0.3) is 5.91 Å². The number of fused-ring (bicyclic) bond motifs is 1. The van der Waals surface area contributed by atoms with Gasteiger partial charge in [0.2, 0.25) is 0 Å². The number of hydrogen-bond acceptors (Lipinski definition) is 5. The number of amides is 1. The number of carbonyl (C=O) groups is 2. The molecule has 25 heavy (non-hydrogen) atoms. The van der Waals surface area contributed by atoms with Crippen LogP contribution in [0.15, 0.2) is 42.5 Å². The van der Waals surface area contributed by atoms with Gasteiger partial charge in [-0.15, -0.1) is 0 Å². The van der Waals surface area contributed by atoms with Gasteiger partial charge in [-0.05, 0) is 28.7 Å². The Morgan fingerprint density at radius 3 is 2.60 bits per heavy atom. The Hall–Kier alpha value is -2.48. The van der Waals surface area contributed by atoms with E-state index in [1.165, 1.54) is 18.2 Å². The summed E-state index contributed by atoms with van der Waals surface area (Å²) in [4.78, 5) is 23.7. The molecular formula is C18H18BNO5. The highest BCUT2D eigenvalue weighted by Crippen LogP contribution is 2.40. The number of ether oxygens (including phenoxy) is 1. The number of nitrogens with one attached hydrogen (secondary N) is 1. The zero-order valence-corrected chi connectivity index (χ0v) is 13.7. The first-order valence-corrected chi connectivity index (χ1v) is 7.93. The van der Waals surface area contributed by atoms with Crippen LogP contribution in [0.3, 0.4) is 0 Å². The lowest BCUT2D eigenvalue weighted by Crippen LogP contribution is -2.34. The van der Waals surface area contributed by atoms with E-state index in [-0.39, 0.29) is 34.6 Å².